The Kier molecular flexibility index (Phi) is 3.62. The van der Waals surface area contributed by atoms with E-state index in [9.17, 15) is 0 Å². The number of aromatic nitrogens is 2. The van der Waals surface area contributed by atoms with Crippen molar-refractivity contribution in [2.45, 2.75) is 20.5 Å². The third-order valence-electron chi connectivity index (χ3n) is 1.52. The first-order valence-corrected chi connectivity index (χ1v) is 4.80. The summed E-state index contributed by atoms with van der Waals surface area (Å²) < 4.78 is 5.93. The van der Waals surface area contributed by atoms with E-state index in [1.54, 1.807) is 0 Å². The molecule has 0 aliphatic rings. The highest BCUT2D eigenvalue weighted by Gasteiger charge is 2.05. The van der Waals surface area contributed by atoms with E-state index in [-0.39, 0.29) is 0 Å². The van der Waals surface area contributed by atoms with Gasteiger partial charge in [0.1, 0.15) is 12.4 Å². The van der Waals surface area contributed by atoms with Crippen LogP contribution in [0.15, 0.2) is 4.47 Å². The van der Waals surface area contributed by atoms with Crippen LogP contribution >= 0.6 is 15.9 Å². The molecule has 5 heteroatoms. The van der Waals surface area contributed by atoms with Crippen LogP contribution in [0.25, 0.3) is 0 Å². The maximum atomic E-state index is 5.64. The maximum absolute atomic E-state index is 5.64. The van der Waals surface area contributed by atoms with Gasteiger partial charge in [0.05, 0.1) is 10.2 Å². The van der Waals surface area contributed by atoms with Gasteiger partial charge in [0.25, 0.3) is 0 Å². The van der Waals surface area contributed by atoms with Crippen LogP contribution in [0, 0.1) is 6.92 Å². The molecule has 2 N–H and O–H groups in total. The largest absolute Gasteiger partial charge is 0.383 e. The summed E-state index contributed by atoms with van der Waals surface area (Å²) in [6, 6.07) is 0. The van der Waals surface area contributed by atoms with Crippen LogP contribution in [-0.2, 0) is 11.3 Å². The fourth-order valence-electron chi connectivity index (χ4n) is 0.899. The lowest BCUT2D eigenvalue weighted by molar-refractivity contribution is 0.128. The fourth-order valence-corrected chi connectivity index (χ4v) is 1.08. The van der Waals surface area contributed by atoms with Crippen LogP contribution in [0.5, 0.6) is 0 Å². The van der Waals surface area contributed by atoms with Gasteiger partial charge in [0, 0.05) is 6.61 Å². The second-order valence-corrected chi connectivity index (χ2v) is 3.35. The molecule has 0 aliphatic heterocycles. The molecule has 0 unspecified atom stereocenters. The Bertz CT molecular complexity index is 280. The molecular weight excluding hydrogens is 234 g/mol. The summed E-state index contributed by atoms with van der Waals surface area (Å²) >= 11 is 3.29. The van der Waals surface area contributed by atoms with Gasteiger partial charge >= 0.3 is 0 Å². The molecule has 72 valence electrons. The zero-order valence-electron chi connectivity index (χ0n) is 7.67. The van der Waals surface area contributed by atoms with E-state index in [0.717, 1.165) is 10.2 Å². The average molecular weight is 246 g/mol. The standard InChI is InChI=1S/C8H12BrN3O/c1-3-13-4-6-11-5(2)7(9)8(10)12-6/h3-4H2,1-2H3,(H2,10,11,12). The lowest BCUT2D eigenvalue weighted by Crippen LogP contribution is -2.04. The normalized spacial score (nSPS) is 10.4. The molecule has 0 spiro atoms. The topological polar surface area (TPSA) is 61.0 Å². The molecule has 1 rings (SSSR count). The van der Waals surface area contributed by atoms with E-state index >= 15 is 0 Å². The molecule has 13 heavy (non-hydrogen) atoms. The molecule has 0 aromatic carbocycles. The van der Waals surface area contributed by atoms with E-state index in [1.165, 1.54) is 0 Å². The summed E-state index contributed by atoms with van der Waals surface area (Å²) in [5.74, 6) is 1.09. The van der Waals surface area contributed by atoms with Crippen molar-refractivity contribution in [1.82, 2.24) is 9.97 Å². The highest BCUT2D eigenvalue weighted by atomic mass is 79.9. The lowest BCUT2D eigenvalue weighted by Gasteiger charge is -2.05. The first-order chi connectivity index (χ1) is 6.15. The van der Waals surface area contributed by atoms with Crippen LogP contribution in [-0.4, -0.2) is 16.6 Å². The number of halogens is 1. The Hall–Kier alpha value is -0.680. The molecule has 1 aromatic rings. The molecule has 0 aliphatic carbocycles. The van der Waals surface area contributed by atoms with E-state index in [4.69, 9.17) is 10.5 Å². The Balaban J connectivity index is 2.86. The van der Waals surface area contributed by atoms with Crippen LogP contribution in [0.2, 0.25) is 0 Å². The quantitative estimate of drug-likeness (QED) is 0.881. The summed E-state index contributed by atoms with van der Waals surface area (Å²) in [6.45, 7) is 4.86. The Morgan fingerprint density at radius 1 is 1.46 bits per heavy atom. The monoisotopic (exact) mass is 245 g/mol. The number of anilines is 1. The zero-order valence-corrected chi connectivity index (χ0v) is 9.26. The third-order valence-corrected chi connectivity index (χ3v) is 2.50. The van der Waals surface area contributed by atoms with Crippen molar-refractivity contribution < 1.29 is 4.74 Å². The van der Waals surface area contributed by atoms with Crippen LogP contribution in [0.1, 0.15) is 18.4 Å². The molecule has 0 saturated heterocycles. The van der Waals surface area contributed by atoms with Gasteiger partial charge in [0.2, 0.25) is 0 Å². The van der Waals surface area contributed by atoms with Crippen molar-refractivity contribution in [2.75, 3.05) is 12.3 Å². The van der Waals surface area contributed by atoms with Crippen molar-refractivity contribution in [2.24, 2.45) is 0 Å². The van der Waals surface area contributed by atoms with Gasteiger partial charge in [-0.3, -0.25) is 0 Å². The third kappa shape index (κ3) is 2.63. The first kappa shape index (κ1) is 10.4. The molecule has 0 bridgehead atoms. The smallest absolute Gasteiger partial charge is 0.156 e. The summed E-state index contributed by atoms with van der Waals surface area (Å²) in [5.41, 5.74) is 6.48. The molecule has 0 atom stereocenters. The summed E-state index contributed by atoms with van der Waals surface area (Å²) in [7, 11) is 0. The number of rotatable bonds is 3. The molecule has 0 radical (unpaired) electrons. The number of aryl methyl sites for hydroxylation is 1. The van der Waals surface area contributed by atoms with Crippen molar-refractivity contribution in [3.63, 3.8) is 0 Å². The first-order valence-electron chi connectivity index (χ1n) is 4.01. The van der Waals surface area contributed by atoms with Crippen molar-refractivity contribution >= 4 is 21.7 Å². The minimum atomic E-state index is 0.412. The number of hydrogen-bond donors (Lipinski definition) is 1. The van der Waals surface area contributed by atoms with Gasteiger partial charge in [-0.2, -0.15) is 0 Å². The Morgan fingerprint density at radius 3 is 2.69 bits per heavy atom. The number of ether oxygens (including phenoxy) is 1. The lowest BCUT2D eigenvalue weighted by atomic mass is 10.4. The zero-order chi connectivity index (χ0) is 9.84. The van der Waals surface area contributed by atoms with Gasteiger partial charge < -0.3 is 10.5 Å². The van der Waals surface area contributed by atoms with E-state index < -0.39 is 0 Å². The fraction of sp³-hybridized carbons (Fsp3) is 0.500. The molecule has 4 nitrogen and oxygen atoms in total. The minimum Gasteiger partial charge on any atom is -0.383 e. The molecule has 1 aromatic heterocycles. The molecule has 0 fully saturated rings. The van der Waals surface area contributed by atoms with Gasteiger partial charge in [-0.1, -0.05) is 0 Å². The van der Waals surface area contributed by atoms with E-state index in [2.05, 4.69) is 25.9 Å². The average Bonchev–Trinajstić information content (AvgIpc) is 2.10. The SMILES string of the molecule is CCOCc1nc(C)c(Br)c(N)n1. The summed E-state index contributed by atoms with van der Waals surface area (Å²) in [6.07, 6.45) is 0. The molecule has 1 heterocycles. The highest BCUT2D eigenvalue weighted by Crippen LogP contribution is 2.19. The molecule has 0 saturated carbocycles. The number of hydrogen-bond acceptors (Lipinski definition) is 4. The maximum Gasteiger partial charge on any atom is 0.156 e. The van der Waals surface area contributed by atoms with Gasteiger partial charge in [0.15, 0.2) is 5.82 Å². The van der Waals surface area contributed by atoms with Crippen molar-refractivity contribution in [3.05, 3.63) is 16.0 Å². The predicted octanol–water partition coefficient (Wildman–Crippen LogP) is 1.67. The number of nitrogens with two attached hydrogens (primary N) is 1. The molecule has 0 amide bonds. The second kappa shape index (κ2) is 4.53. The summed E-state index contributed by atoms with van der Waals surface area (Å²) in [4.78, 5) is 8.27. The van der Waals surface area contributed by atoms with Crippen molar-refractivity contribution in [1.29, 1.82) is 0 Å². The number of nitrogens with zero attached hydrogens (tertiary/aromatic N) is 2. The van der Waals surface area contributed by atoms with Crippen LogP contribution < -0.4 is 5.73 Å². The number of nitrogen functional groups attached to an aromatic ring is 1. The van der Waals surface area contributed by atoms with Gasteiger partial charge in [-0.15, -0.1) is 0 Å². The van der Waals surface area contributed by atoms with Gasteiger partial charge in [-0.05, 0) is 29.8 Å². The van der Waals surface area contributed by atoms with E-state index in [0.29, 0.717) is 24.9 Å². The van der Waals surface area contributed by atoms with Gasteiger partial charge in [-0.25, -0.2) is 9.97 Å². The van der Waals surface area contributed by atoms with Crippen molar-refractivity contribution in [3.8, 4) is 0 Å². The molecular formula is C8H12BrN3O. The Morgan fingerprint density at radius 2 is 2.15 bits per heavy atom. The highest BCUT2D eigenvalue weighted by molar-refractivity contribution is 9.10. The van der Waals surface area contributed by atoms with E-state index in [1.807, 2.05) is 13.8 Å². The van der Waals surface area contributed by atoms with Crippen LogP contribution in [0.3, 0.4) is 0 Å². The van der Waals surface area contributed by atoms with Crippen LogP contribution in [0.4, 0.5) is 5.82 Å². The summed E-state index contributed by atoms with van der Waals surface area (Å²) in [5, 5.41) is 0. The second-order valence-electron chi connectivity index (χ2n) is 2.56. The Labute approximate surface area is 85.7 Å². The minimum absolute atomic E-state index is 0.412. The predicted molar refractivity (Wildman–Crippen MR) is 54.2 cm³/mol.